The molecular weight excluding hydrogens is 572 g/mol. The lowest BCUT2D eigenvalue weighted by molar-refractivity contribution is -0.140. The molecule has 0 unspecified atom stereocenters. The van der Waals surface area contributed by atoms with E-state index in [4.69, 9.17) is 14.3 Å². The van der Waals surface area contributed by atoms with E-state index in [0.717, 1.165) is 17.8 Å². The second kappa shape index (κ2) is 12.4. The Kier molecular flexibility index (Phi) is 8.69. The van der Waals surface area contributed by atoms with Crippen LogP contribution in [-0.2, 0) is 20.5 Å². The number of benzene rings is 2. The summed E-state index contributed by atoms with van der Waals surface area (Å²) in [7, 11) is 1.51. The first-order valence-electron chi connectivity index (χ1n) is 13.5. The number of rotatable bonds is 8. The van der Waals surface area contributed by atoms with Crippen LogP contribution in [0.15, 0.2) is 55.4 Å². The van der Waals surface area contributed by atoms with Crippen molar-refractivity contribution in [3.8, 4) is 5.75 Å². The summed E-state index contributed by atoms with van der Waals surface area (Å²) < 4.78 is 65.3. The molecule has 2 saturated heterocycles. The molecule has 0 spiro atoms. The van der Waals surface area contributed by atoms with Crippen LogP contribution in [0.4, 0.5) is 46.3 Å². The predicted octanol–water partition coefficient (Wildman–Crippen LogP) is 5.62. The van der Waals surface area contributed by atoms with Crippen molar-refractivity contribution in [2.45, 2.75) is 31.7 Å². The molecule has 2 fully saturated rings. The molecule has 228 valence electrons. The van der Waals surface area contributed by atoms with E-state index < -0.39 is 29.5 Å². The van der Waals surface area contributed by atoms with Gasteiger partial charge in [0, 0.05) is 31.6 Å². The van der Waals surface area contributed by atoms with Crippen molar-refractivity contribution in [3.63, 3.8) is 0 Å². The summed E-state index contributed by atoms with van der Waals surface area (Å²) in [6.45, 7) is 7.47. The van der Waals surface area contributed by atoms with Gasteiger partial charge in [-0.15, -0.1) is 0 Å². The van der Waals surface area contributed by atoms with E-state index in [1.807, 2.05) is 6.92 Å². The average Bonchev–Trinajstić information content (AvgIpc) is 3.47. The second-order valence-electron chi connectivity index (χ2n) is 9.98. The number of ether oxygens (including phenoxy) is 2. The van der Waals surface area contributed by atoms with E-state index in [2.05, 4.69) is 32.1 Å². The fraction of sp³-hybridized carbons (Fsp3) is 0.345. The number of amides is 1. The third-order valence-electron chi connectivity index (χ3n) is 7.07. The Labute approximate surface area is 245 Å². The zero-order chi connectivity index (χ0) is 30.7. The minimum atomic E-state index is -4.84. The summed E-state index contributed by atoms with van der Waals surface area (Å²) in [5, 5.41) is 7.40. The number of hydroxylamine groups is 1. The molecule has 14 heteroatoms. The van der Waals surface area contributed by atoms with Gasteiger partial charge in [0.15, 0.2) is 5.82 Å². The van der Waals surface area contributed by atoms with Crippen LogP contribution in [0, 0.1) is 5.82 Å². The highest BCUT2D eigenvalue weighted by atomic mass is 19.4. The summed E-state index contributed by atoms with van der Waals surface area (Å²) in [6.07, 6.45) is -2.04. The number of halogens is 4. The normalized spacial score (nSPS) is 18.8. The molecule has 2 aliphatic rings. The molecule has 0 saturated carbocycles. The van der Waals surface area contributed by atoms with Gasteiger partial charge >= 0.3 is 6.18 Å². The first kappa shape index (κ1) is 30.0. The predicted molar refractivity (Wildman–Crippen MR) is 152 cm³/mol. The number of carbonyl (C=O) groups is 1. The SMILES string of the molecule is C=CC(=O)Nc1cc(Nc2cc(N3OCC[C@@H]3c3ccc(F)c(C(F)(F)F)c3)ncn2)c(OC)cc1N1CCO[C@@H](C)C1. The molecule has 1 aromatic heterocycles. The zero-order valence-corrected chi connectivity index (χ0v) is 23.4. The van der Waals surface area contributed by atoms with Crippen LogP contribution < -0.4 is 25.3 Å². The highest BCUT2D eigenvalue weighted by Gasteiger charge is 2.37. The summed E-state index contributed by atoms with van der Waals surface area (Å²) in [4.78, 5) is 28.6. The third kappa shape index (κ3) is 6.65. The van der Waals surface area contributed by atoms with Gasteiger partial charge in [-0.3, -0.25) is 9.63 Å². The molecule has 3 heterocycles. The molecule has 0 aliphatic carbocycles. The molecule has 1 amide bonds. The van der Waals surface area contributed by atoms with Crippen LogP contribution in [0.5, 0.6) is 5.75 Å². The number of anilines is 5. The van der Waals surface area contributed by atoms with Gasteiger partial charge in [0.25, 0.3) is 0 Å². The molecule has 43 heavy (non-hydrogen) atoms. The Hall–Kier alpha value is -4.43. The minimum Gasteiger partial charge on any atom is -0.494 e. The second-order valence-corrected chi connectivity index (χ2v) is 9.98. The van der Waals surface area contributed by atoms with Crippen LogP contribution in [0.3, 0.4) is 0 Å². The number of hydrogen-bond acceptors (Lipinski definition) is 9. The first-order valence-corrected chi connectivity index (χ1v) is 13.5. The Morgan fingerprint density at radius 2 is 1.98 bits per heavy atom. The van der Waals surface area contributed by atoms with Crippen LogP contribution in [-0.4, -0.2) is 55.4 Å². The van der Waals surface area contributed by atoms with Crippen molar-refractivity contribution < 1.29 is 36.7 Å². The lowest BCUT2D eigenvalue weighted by atomic mass is 10.0. The van der Waals surface area contributed by atoms with Gasteiger partial charge in [0.1, 0.15) is 23.7 Å². The molecule has 2 aromatic carbocycles. The number of morpholine rings is 1. The van der Waals surface area contributed by atoms with Crippen molar-refractivity contribution in [1.82, 2.24) is 9.97 Å². The molecule has 2 aliphatic heterocycles. The molecule has 3 aromatic rings. The van der Waals surface area contributed by atoms with Gasteiger partial charge in [0.05, 0.1) is 55.1 Å². The molecule has 0 bridgehead atoms. The molecule has 2 N–H and O–H groups in total. The maximum atomic E-state index is 13.9. The summed E-state index contributed by atoms with van der Waals surface area (Å²) in [5.41, 5.74) is 0.613. The summed E-state index contributed by atoms with van der Waals surface area (Å²) >= 11 is 0. The van der Waals surface area contributed by atoms with Crippen molar-refractivity contribution in [1.29, 1.82) is 0 Å². The Morgan fingerprint density at radius 3 is 2.70 bits per heavy atom. The van der Waals surface area contributed by atoms with Gasteiger partial charge in [-0.25, -0.2) is 19.4 Å². The van der Waals surface area contributed by atoms with Crippen molar-refractivity contribution in [2.24, 2.45) is 0 Å². The molecule has 10 nitrogen and oxygen atoms in total. The van der Waals surface area contributed by atoms with Crippen molar-refractivity contribution in [3.05, 3.63) is 72.3 Å². The van der Waals surface area contributed by atoms with Gasteiger partial charge in [-0.2, -0.15) is 13.2 Å². The van der Waals surface area contributed by atoms with Crippen LogP contribution in [0.2, 0.25) is 0 Å². The topological polar surface area (TPSA) is 101 Å². The number of carbonyl (C=O) groups excluding carboxylic acids is 1. The number of methoxy groups -OCH3 is 1. The maximum absolute atomic E-state index is 13.9. The summed E-state index contributed by atoms with van der Waals surface area (Å²) in [6, 6.07) is 7.33. The Morgan fingerprint density at radius 1 is 1.16 bits per heavy atom. The van der Waals surface area contributed by atoms with Crippen molar-refractivity contribution in [2.75, 3.05) is 54.0 Å². The van der Waals surface area contributed by atoms with Gasteiger partial charge in [-0.05, 0) is 36.8 Å². The van der Waals surface area contributed by atoms with E-state index in [-0.39, 0.29) is 24.1 Å². The fourth-order valence-electron chi connectivity index (χ4n) is 5.06. The lowest BCUT2D eigenvalue weighted by Crippen LogP contribution is -2.41. The average molecular weight is 603 g/mol. The third-order valence-corrected chi connectivity index (χ3v) is 7.07. The number of hydrogen-bond donors (Lipinski definition) is 2. The van der Waals surface area contributed by atoms with E-state index in [9.17, 15) is 22.4 Å². The largest absolute Gasteiger partial charge is 0.494 e. The van der Waals surface area contributed by atoms with Gasteiger partial charge in [-0.1, -0.05) is 12.6 Å². The first-order chi connectivity index (χ1) is 20.6. The van der Waals surface area contributed by atoms with Gasteiger partial charge in [0.2, 0.25) is 5.91 Å². The lowest BCUT2D eigenvalue weighted by Gasteiger charge is -2.34. The minimum absolute atomic E-state index is 0.00784. The van der Waals surface area contributed by atoms with E-state index in [1.54, 1.807) is 18.2 Å². The molecule has 5 rings (SSSR count). The molecule has 0 radical (unpaired) electrons. The highest BCUT2D eigenvalue weighted by Crippen LogP contribution is 2.41. The van der Waals surface area contributed by atoms with E-state index >= 15 is 0 Å². The standard InChI is InChI=1S/C29H30F4N6O4/c1-4-28(40)37-21-12-22(25(41-3)13-24(21)38-8-10-42-17(2)15-38)36-26-14-27(35-16-34-26)39-23(7-9-43-39)18-5-6-20(30)19(11-18)29(31,32)33/h4-6,11-14,16-17,23H,1,7-10,15H2,2-3H3,(H,37,40)(H,34,35,36)/t17-,23+/m0/s1. The smallest absolute Gasteiger partial charge is 0.419 e. The van der Waals surface area contributed by atoms with Gasteiger partial charge < -0.3 is 25.0 Å². The zero-order valence-electron chi connectivity index (χ0n) is 23.4. The summed E-state index contributed by atoms with van der Waals surface area (Å²) in [5.74, 6) is -0.679. The quantitative estimate of drug-likeness (QED) is 0.251. The number of aromatic nitrogens is 2. The number of alkyl halides is 3. The van der Waals surface area contributed by atoms with Crippen LogP contribution in [0.1, 0.15) is 30.5 Å². The monoisotopic (exact) mass is 602 g/mol. The number of nitrogens with zero attached hydrogens (tertiary/aromatic N) is 4. The Bertz CT molecular complexity index is 1500. The Balaban J connectivity index is 1.45. The molecular formula is C29H30F4N6O4. The fourth-order valence-corrected chi connectivity index (χ4v) is 5.06. The van der Waals surface area contributed by atoms with Crippen LogP contribution in [0.25, 0.3) is 0 Å². The molecule has 2 atom stereocenters. The van der Waals surface area contributed by atoms with E-state index in [1.165, 1.54) is 30.6 Å². The van der Waals surface area contributed by atoms with Crippen LogP contribution >= 0.6 is 0 Å². The van der Waals surface area contributed by atoms with Crippen molar-refractivity contribution >= 4 is 34.6 Å². The highest BCUT2D eigenvalue weighted by molar-refractivity contribution is 6.02. The number of nitrogens with one attached hydrogen (secondary N) is 2. The maximum Gasteiger partial charge on any atom is 0.419 e. The van der Waals surface area contributed by atoms with E-state index in [0.29, 0.717) is 49.1 Å².